The molecule has 0 spiro atoms. The van der Waals surface area contributed by atoms with Crippen LogP contribution in [0.4, 0.5) is 0 Å². The summed E-state index contributed by atoms with van der Waals surface area (Å²) < 4.78 is 5.69. The SMILES string of the molecule is NC(=O)[C@@H]1CCN(C(=O)CCc2ncc(-c3ccccc3)o2)C1. The standard InChI is InChI=1S/C17H19N3O3/c18-17(22)13-8-9-20(11-13)16(21)7-6-15-19-10-14(23-15)12-4-2-1-3-5-12/h1-5,10,13H,6-9,11H2,(H2,18,22)/t13-/m1/s1. The maximum Gasteiger partial charge on any atom is 0.223 e. The van der Waals surface area contributed by atoms with Crippen molar-refractivity contribution < 1.29 is 14.0 Å². The average Bonchev–Trinajstić information content (AvgIpc) is 3.23. The fraction of sp³-hybridized carbons (Fsp3) is 0.353. The Hall–Kier alpha value is -2.63. The van der Waals surface area contributed by atoms with Crippen molar-refractivity contribution in [3.63, 3.8) is 0 Å². The highest BCUT2D eigenvalue weighted by atomic mass is 16.4. The first-order valence-corrected chi connectivity index (χ1v) is 7.70. The summed E-state index contributed by atoms with van der Waals surface area (Å²) in [5.74, 6) is 0.699. The van der Waals surface area contributed by atoms with E-state index in [2.05, 4.69) is 4.98 Å². The molecule has 1 saturated heterocycles. The minimum Gasteiger partial charge on any atom is -0.441 e. The number of carbonyl (C=O) groups excluding carboxylic acids is 2. The van der Waals surface area contributed by atoms with Crippen molar-refractivity contribution >= 4 is 11.8 Å². The molecule has 0 aliphatic carbocycles. The highest BCUT2D eigenvalue weighted by molar-refractivity contribution is 5.81. The largest absolute Gasteiger partial charge is 0.441 e. The fourth-order valence-corrected chi connectivity index (χ4v) is 2.75. The average molecular weight is 313 g/mol. The normalized spacial score (nSPS) is 17.4. The summed E-state index contributed by atoms with van der Waals surface area (Å²) in [6, 6.07) is 9.70. The molecule has 6 heteroatoms. The molecule has 2 N–H and O–H groups in total. The van der Waals surface area contributed by atoms with E-state index in [1.807, 2.05) is 30.3 Å². The lowest BCUT2D eigenvalue weighted by molar-refractivity contribution is -0.130. The molecule has 1 aromatic heterocycles. The summed E-state index contributed by atoms with van der Waals surface area (Å²) in [5.41, 5.74) is 6.24. The maximum atomic E-state index is 12.2. The van der Waals surface area contributed by atoms with Crippen LogP contribution in [0.1, 0.15) is 18.7 Å². The summed E-state index contributed by atoms with van der Waals surface area (Å²) in [6.07, 6.45) is 3.09. The van der Waals surface area contributed by atoms with Crippen molar-refractivity contribution in [1.29, 1.82) is 0 Å². The summed E-state index contributed by atoms with van der Waals surface area (Å²) in [5, 5.41) is 0. The molecule has 2 aromatic rings. The first kappa shape index (κ1) is 15.3. The second kappa shape index (κ2) is 6.64. The minimum absolute atomic E-state index is 0.00760. The topological polar surface area (TPSA) is 89.4 Å². The van der Waals surface area contributed by atoms with E-state index in [1.165, 1.54) is 0 Å². The number of nitrogens with zero attached hydrogens (tertiary/aromatic N) is 2. The minimum atomic E-state index is -0.333. The van der Waals surface area contributed by atoms with Gasteiger partial charge in [-0.2, -0.15) is 0 Å². The number of hydrogen-bond acceptors (Lipinski definition) is 4. The Labute approximate surface area is 134 Å². The number of rotatable bonds is 5. The number of aryl methyl sites for hydroxylation is 1. The van der Waals surface area contributed by atoms with Crippen LogP contribution >= 0.6 is 0 Å². The van der Waals surface area contributed by atoms with Gasteiger partial charge in [0.05, 0.1) is 12.1 Å². The van der Waals surface area contributed by atoms with Gasteiger partial charge in [-0.25, -0.2) is 4.98 Å². The van der Waals surface area contributed by atoms with E-state index < -0.39 is 0 Å². The van der Waals surface area contributed by atoms with Gasteiger partial charge in [-0.3, -0.25) is 9.59 Å². The third-order valence-corrected chi connectivity index (χ3v) is 4.11. The summed E-state index contributed by atoms with van der Waals surface area (Å²) in [6.45, 7) is 1.02. The van der Waals surface area contributed by atoms with Crippen molar-refractivity contribution in [3.05, 3.63) is 42.4 Å². The smallest absolute Gasteiger partial charge is 0.223 e. The van der Waals surface area contributed by atoms with Crippen molar-refractivity contribution in [3.8, 4) is 11.3 Å². The Kier molecular flexibility index (Phi) is 4.41. The third kappa shape index (κ3) is 3.59. The maximum absolute atomic E-state index is 12.2. The summed E-state index contributed by atoms with van der Waals surface area (Å²) in [4.78, 5) is 29.2. The Morgan fingerprint density at radius 2 is 2.09 bits per heavy atom. The van der Waals surface area contributed by atoms with E-state index in [1.54, 1.807) is 11.1 Å². The molecule has 1 aliphatic rings. The second-order valence-electron chi connectivity index (χ2n) is 5.71. The zero-order valence-electron chi connectivity index (χ0n) is 12.8. The van der Waals surface area contributed by atoms with Gasteiger partial charge < -0.3 is 15.1 Å². The number of amides is 2. The number of aromatic nitrogens is 1. The van der Waals surface area contributed by atoms with Crippen molar-refractivity contribution in [2.75, 3.05) is 13.1 Å². The molecule has 0 unspecified atom stereocenters. The molecule has 2 amide bonds. The van der Waals surface area contributed by atoms with Gasteiger partial charge in [0.2, 0.25) is 11.8 Å². The molecule has 6 nitrogen and oxygen atoms in total. The van der Waals surface area contributed by atoms with Crippen LogP contribution in [-0.4, -0.2) is 34.8 Å². The molecule has 1 aromatic carbocycles. The van der Waals surface area contributed by atoms with Gasteiger partial charge >= 0.3 is 0 Å². The number of benzene rings is 1. The monoisotopic (exact) mass is 313 g/mol. The van der Waals surface area contributed by atoms with Crippen molar-refractivity contribution in [1.82, 2.24) is 9.88 Å². The lowest BCUT2D eigenvalue weighted by Crippen LogP contribution is -2.31. The van der Waals surface area contributed by atoms with Gasteiger partial charge in [0, 0.05) is 31.5 Å². The Bertz CT molecular complexity index is 696. The van der Waals surface area contributed by atoms with Crippen LogP contribution < -0.4 is 5.73 Å². The number of likely N-dealkylation sites (tertiary alicyclic amines) is 1. The van der Waals surface area contributed by atoms with E-state index in [-0.39, 0.29) is 17.7 Å². The van der Waals surface area contributed by atoms with Crippen LogP contribution in [0.15, 0.2) is 40.9 Å². The second-order valence-corrected chi connectivity index (χ2v) is 5.71. The number of primary amides is 1. The van der Waals surface area contributed by atoms with Crippen LogP contribution in [0.25, 0.3) is 11.3 Å². The van der Waals surface area contributed by atoms with Gasteiger partial charge in [0.1, 0.15) is 0 Å². The van der Waals surface area contributed by atoms with E-state index in [9.17, 15) is 9.59 Å². The summed E-state index contributed by atoms with van der Waals surface area (Å²) in [7, 11) is 0. The van der Waals surface area contributed by atoms with Crippen LogP contribution in [0.5, 0.6) is 0 Å². The van der Waals surface area contributed by atoms with Crippen LogP contribution in [0.2, 0.25) is 0 Å². The Morgan fingerprint density at radius 1 is 1.30 bits per heavy atom. The number of nitrogens with two attached hydrogens (primary N) is 1. The number of oxazole rings is 1. The molecule has 1 fully saturated rings. The van der Waals surface area contributed by atoms with Crippen LogP contribution in [0.3, 0.4) is 0 Å². The van der Waals surface area contributed by atoms with Crippen molar-refractivity contribution in [2.45, 2.75) is 19.3 Å². The van der Waals surface area contributed by atoms with E-state index in [0.29, 0.717) is 44.0 Å². The lowest BCUT2D eigenvalue weighted by atomic mass is 10.1. The molecular weight excluding hydrogens is 294 g/mol. The van der Waals surface area contributed by atoms with Gasteiger partial charge in [-0.15, -0.1) is 0 Å². The molecule has 120 valence electrons. The van der Waals surface area contributed by atoms with E-state index >= 15 is 0 Å². The van der Waals surface area contributed by atoms with Crippen molar-refractivity contribution in [2.24, 2.45) is 11.7 Å². The van der Waals surface area contributed by atoms with Gasteiger partial charge in [0.15, 0.2) is 11.7 Å². The molecule has 23 heavy (non-hydrogen) atoms. The zero-order valence-corrected chi connectivity index (χ0v) is 12.8. The molecule has 0 bridgehead atoms. The first-order chi connectivity index (χ1) is 11.1. The molecule has 0 radical (unpaired) electrons. The third-order valence-electron chi connectivity index (χ3n) is 4.11. The molecule has 2 heterocycles. The molecular formula is C17H19N3O3. The summed E-state index contributed by atoms with van der Waals surface area (Å²) >= 11 is 0. The lowest BCUT2D eigenvalue weighted by Gasteiger charge is -2.15. The molecule has 0 saturated carbocycles. The molecule has 1 aliphatic heterocycles. The van der Waals surface area contributed by atoms with Crippen LogP contribution in [-0.2, 0) is 16.0 Å². The Morgan fingerprint density at radius 3 is 2.78 bits per heavy atom. The van der Waals surface area contributed by atoms with E-state index in [0.717, 1.165) is 5.56 Å². The molecule has 1 atom stereocenters. The quantitative estimate of drug-likeness (QED) is 0.908. The predicted octanol–water partition coefficient (Wildman–Crippen LogP) is 1.61. The highest BCUT2D eigenvalue weighted by Gasteiger charge is 2.29. The predicted molar refractivity (Wildman–Crippen MR) is 84.1 cm³/mol. The zero-order chi connectivity index (χ0) is 16.2. The van der Waals surface area contributed by atoms with E-state index in [4.69, 9.17) is 10.2 Å². The van der Waals surface area contributed by atoms with Gasteiger partial charge in [0.25, 0.3) is 0 Å². The van der Waals surface area contributed by atoms with Crippen LogP contribution in [0, 0.1) is 5.92 Å². The fourth-order valence-electron chi connectivity index (χ4n) is 2.75. The van der Waals surface area contributed by atoms with Gasteiger partial charge in [-0.1, -0.05) is 30.3 Å². The Balaban J connectivity index is 1.54. The highest BCUT2D eigenvalue weighted by Crippen LogP contribution is 2.21. The molecule has 3 rings (SSSR count). The number of carbonyl (C=O) groups is 2. The van der Waals surface area contributed by atoms with Gasteiger partial charge in [-0.05, 0) is 6.42 Å². The first-order valence-electron chi connectivity index (χ1n) is 7.70. The number of hydrogen-bond donors (Lipinski definition) is 1.